The standard InChI is InChI=1S/C9H14F3NO2/c1-6-7(8(14)15)2-4-13(6)5-3-9(10,11)12/h6-7H,2-5H2,1H3,(H,14,15). The zero-order valence-electron chi connectivity index (χ0n) is 8.42. The van der Waals surface area contributed by atoms with Gasteiger partial charge in [-0.25, -0.2) is 0 Å². The van der Waals surface area contributed by atoms with Crippen molar-refractivity contribution in [2.24, 2.45) is 5.92 Å². The van der Waals surface area contributed by atoms with Crippen molar-refractivity contribution < 1.29 is 23.1 Å². The number of likely N-dealkylation sites (tertiary alicyclic amines) is 1. The molecule has 88 valence electrons. The van der Waals surface area contributed by atoms with Gasteiger partial charge in [-0.1, -0.05) is 0 Å². The molecule has 1 aliphatic rings. The van der Waals surface area contributed by atoms with Crippen LogP contribution in [0.3, 0.4) is 0 Å². The lowest BCUT2D eigenvalue weighted by atomic mass is 10.0. The van der Waals surface area contributed by atoms with Crippen LogP contribution in [0.2, 0.25) is 0 Å². The molecule has 2 atom stereocenters. The minimum absolute atomic E-state index is 0.103. The van der Waals surface area contributed by atoms with E-state index in [0.717, 1.165) is 0 Å². The second-order valence-corrected chi connectivity index (χ2v) is 3.88. The van der Waals surface area contributed by atoms with Crippen LogP contribution in [0.4, 0.5) is 13.2 Å². The minimum atomic E-state index is -4.17. The van der Waals surface area contributed by atoms with Gasteiger partial charge < -0.3 is 5.11 Å². The Morgan fingerprint density at radius 1 is 1.53 bits per heavy atom. The summed E-state index contributed by atoms with van der Waals surface area (Å²) in [5, 5.41) is 8.78. The van der Waals surface area contributed by atoms with Crippen molar-refractivity contribution in [3.63, 3.8) is 0 Å². The van der Waals surface area contributed by atoms with Crippen LogP contribution in [-0.4, -0.2) is 41.3 Å². The van der Waals surface area contributed by atoms with Crippen molar-refractivity contribution in [1.82, 2.24) is 4.90 Å². The Labute approximate surface area is 85.9 Å². The average molecular weight is 225 g/mol. The summed E-state index contributed by atoms with van der Waals surface area (Å²) in [6, 6.07) is -0.301. The number of aliphatic carboxylic acids is 1. The van der Waals surface area contributed by atoms with Crippen LogP contribution in [0.1, 0.15) is 19.8 Å². The molecular weight excluding hydrogens is 211 g/mol. The molecule has 1 fully saturated rings. The van der Waals surface area contributed by atoms with Gasteiger partial charge in [-0.05, 0) is 19.9 Å². The molecule has 0 aromatic heterocycles. The Hall–Kier alpha value is -0.780. The Bertz CT molecular complexity index is 242. The van der Waals surface area contributed by atoms with Crippen molar-refractivity contribution in [2.45, 2.75) is 32.0 Å². The van der Waals surface area contributed by atoms with Gasteiger partial charge in [-0.2, -0.15) is 13.2 Å². The van der Waals surface area contributed by atoms with E-state index in [4.69, 9.17) is 5.11 Å². The highest BCUT2D eigenvalue weighted by Gasteiger charge is 2.37. The maximum Gasteiger partial charge on any atom is 0.390 e. The lowest BCUT2D eigenvalue weighted by molar-refractivity contribution is -0.143. The first-order valence-corrected chi connectivity index (χ1v) is 4.85. The van der Waals surface area contributed by atoms with Gasteiger partial charge in [0.15, 0.2) is 0 Å². The van der Waals surface area contributed by atoms with Crippen molar-refractivity contribution >= 4 is 5.97 Å². The highest BCUT2D eigenvalue weighted by molar-refractivity contribution is 5.71. The van der Waals surface area contributed by atoms with Gasteiger partial charge in [0.05, 0.1) is 12.3 Å². The molecule has 0 aliphatic carbocycles. The summed E-state index contributed by atoms with van der Waals surface area (Å²) in [5.41, 5.74) is 0. The first-order valence-electron chi connectivity index (χ1n) is 4.85. The molecule has 0 spiro atoms. The van der Waals surface area contributed by atoms with Gasteiger partial charge in [-0.15, -0.1) is 0 Å². The molecule has 6 heteroatoms. The molecule has 0 bridgehead atoms. The van der Waals surface area contributed by atoms with Crippen LogP contribution >= 0.6 is 0 Å². The Balaban J connectivity index is 2.43. The number of rotatable bonds is 3. The molecule has 0 amide bonds. The molecule has 0 aromatic carbocycles. The average Bonchev–Trinajstić information content (AvgIpc) is 2.42. The fourth-order valence-corrected chi connectivity index (χ4v) is 1.92. The van der Waals surface area contributed by atoms with E-state index in [0.29, 0.717) is 13.0 Å². The first kappa shape index (κ1) is 12.3. The fraction of sp³-hybridized carbons (Fsp3) is 0.889. The SMILES string of the molecule is CC1C(C(=O)O)CCN1CCC(F)(F)F. The molecule has 15 heavy (non-hydrogen) atoms. The number of halogens is 3. The molecule has 1 heterocycles. The van der Waals surface area contributed by atoms with E-state index in [9.17, 15) is 18.0 Å². The second kappa shape index (κ2) is 4.38. The monoisotopic (exact) mass is 225 g/mol. The zero-order valence-corrected chi connectivity index (χ0v) is 8.42. The highest BCUT2D eigenvalue weighted by Crippen LogP contribution is 2.27. The van der Waals surface area contributed by atoms with Crippen LogP contribution in [-0.2, 0) is 4.79 Å². The van der Waals surface area contributed by atoms with Gasteiger partial charge in [0.25, 0.3) is 0 Å². The van der Waals surface area contributed by atoms with E-state index < -0.39 is 24.5 Å². The first-order chi connectivity index (χ1) is 6.81. The summed E-state index contributed by atoms with van der Waals surface area (Å²) in [6.07, 6.45) is -4.60. The molecule has 1 saturated heterocycles. The molecule has 3 nitrogen and oxygen atoms in total. The number of alkyl halides is 3. The number of carboxylic acids is 1. The lowest BCUT2D eigenvalue weighted by Crippen LogP contribution is -2.35. The third-order valence-corrected chi connectivity index (χ3v) is 2.89. The number of hydrogen-bond acceptors (Lipinski definition) is 2. The van der Waals surface area contributed by atoms with Crippen LogP contribution in [0.25, 0.3) is 0 Å². The molecular formula is C9H14F3NO2. The summed E-state index contributed by atoms with van der Waals surface area (Å²) in [5.74, 6) is -1.45. The molecule has 1 rings (SSSR count). The highest BCUT2D eigenvalue weighted by atomic mass is 19.4. The lowest BCUT2D eigenvalue weighted by Gasteiger charge is -2.23. The van der Waals surface area contributed by atoms with Gasteiger partial charge in [0.1, 0.15) is 0 Å². The summed E-state index contributed by atoms with van der Waals surface area (Å²) in [6.45, 7) is 2.00. The van der Waals surface area contributed by atoms with Crippen molar-refractivity contribution in [3.05, 3.63) is 0 Å². The summed E-state index contributed by atoms with van der Waals surface area (Å²) >= 11 is 0. The number of carbonyl (C=O) groups is 1. The Morgan fingerprint density at radius 3 is 2.53 bits per heavy atom. The van der Waals surface area contributed by atoms with E-state index in [2.05, 4.69) is 0 Å². The van der Waals surface area contributed by atoms with Crippen LogP contribution < -0.4 is 0 Å². The van der Waals surface area contributed by atoms with Crippen molar-refractivity contribution in [1.29, 1.82) is 0 Å². The summed E-state index contributed by atoms with van der Waals surface area (Å²) < 4.78 is 35.8. The molecule has 0 aromatic rings. The number of nitrogens with zero attached hydrogens (tertiary/aromatic N) is 1. The number of hydrogen-bond donors (Lipinski definition) is 1. The quantitative estimate of drug-likeness (QED) is 0.795. The van der Waals surface area contributed by atoms with Gasteiger partial charge in [0.2, 0.25) is 0 Å². The summed E-state index contributed by atoms with van der Waals surface area (Å²) in [7, 11) is 0. The predicted molar refractivity (Wildman–Crippen MR) is 47.4 cm³/mol. The second-order valence-electron chi connectivity index (χ2n) is 3.88. The maximum absolute atomic E-state index is 11.9. The van der Waals surface area contributed by atoms with Gasteiger partial charge >= 0.3 is 12.1 Å². The molecule has 0 saturated carbocycles. The molecule has 1 N–H and O–H groups in total. The van der Waals surface area contributed by atoms with E-state index in [1.54, 1.807) is 11.8 Å². The normalized spacial score (nSPS) is 28.3. The van der Waals surface area contributed by atoms with E-state index >= 15 is 0 Å². The Morgan fingerprint density at radius 2 is 2.13 bits per heavy atom. The smallest absolute Gasteiger partial charge is 0.390 e. The Kier molecular flexibility index (Phi) is 3.59. The van der Waals surface area contributed by atoms with E-state index in [1.807, 2.05) is 0 Å². The van der Waals surface area contributed by atoms with Crippen molar-refractivity contribution in [2.75, 3.05) is 13.1 Å². The zero-order chi connectivity index (χ0) is 11.6. The number of carboxylic acid groups (broad SMARTS) is 1. The van der Waals surface area contributed by atoms with Gasteiger partial charge in [0, 0.05) is 12.6 Å². The van der Waals surface area contributed by atoms with Crippen molar-refractivity contribution in [3.8, 4) is 0 Å². The largest absolute Gasteiger partial charge is 0.481 e. The van der Waals surface area contributed by atoms with Crippen LogP contribution in [0, 0.1) is 5.92 Å². The van der Waals surface area contributed by atoms with E-state index in [-0.39, 0.29) is 12.6 Å². The molecule has 0 radical (unpaired) electrons. The van der Waals surface area contributed by atoms with Gasteiger partial charge in [-0.3, -0.25) is 9.69 Å². The fourth-order valence-electron chi connectivity index (χ4n) is 1.92. The predicted octanol–water partition coefficient (Wildman–Crippen LogP) is 1.73. The third kappa shape index (κ3) is 3.37. The summed E-state index contributed by atoms with van der Waals surface area (Å²) in [4.78, 5) is 12.3. The van der Waals surface area contributed by atoms with Crippen LogP contribution in [0.15, 0.2) is 0 Å². The van der Waals surface area contributed by atoms with Crippen LogP contribution in [0.5, 0.6) is 0 Å². The molecule has 1 aliphatic heterocycles. The topological polar surface area (TPSA) is 40.5 Å². The van der Waals surface area contributed by atoms with E-state index in [1.165, 1.54) is 0 Å². The maximum atomic E-state index is 11.9. The third-order valence-electron chi connectivity index (χ3n) is 2.89. The minimum Gasteiger partial charge on any atom is -0.481 e. The molecule has 2 unspecified atom stereocenters.